The van der Waals surface area contributed by atoms with Gasteiger partial charge in [0.05, 0.1) is 16.9 Å². The van der Waals surface area contributed by atoms with Gasteiger partial charge in [0.2, 0.25) is 0 Å². The zero-order valence-electron chi connectivity index (χ0n) is 28.8. The van der Waals surface area contributed by atoms with Crippen LogP contribution in [0.1, 0.15) is 36.2 Å². The first-order chi connectivity index (χ1) is 24.6. The molecule has 0 aliphatic carbocycles. The smallest absolute Gasteiger partial charge is 0.0711 e. The lowest BCUT2D eigenvalue weighted by atomic mass is 9.93. The normalized spacial score (nSPS) is 11.9. The van der Waals surface area contributed by atoms with E-state index in [1.54, 1.807) is 0 Å². The van der Waals surface area contributed by atoms with Crippen molar-refractivity contribution in [2.45, 2.75) is 20.8 Å². The van der Waals surface area contributed by atoms with Gasteiger partial charge < -0.3 is 4.57 Å². The fraction of sp³-hybridized carbons (Fsp3) is 0.0625. The Bertz CT molecular complexity index is 2390. The summed E-state index contributed by atoms with van der Waals surface area (Å²) in [4.78, 5) is 5.11. The minimum atomic E-state index is 0.963. The van der Waals surface area contributed by atoms with Crippen molar-refractivity contribution in [3.63, 3.8) is 0 Å². The Labute approximate surface area is 295 Å². The Morgan fingerprint density at radius 2 is 1.28 bits per heavy atom. The van der Waals surface area contributed by atoms with Crippen LogP contribution in [0.2, 0.25) is 0 Å². The molecule has 0 spiro atoms. The summed E-state index contributed by atoms with van der Waals surface area (Å²) in [6.45, 7) is 10.6. The lowest BCUT2D eigenvalue weighted by Gasteiger charge is -2.14. The van der Waals surface area contributed by atoms with E-state index in [1.165, 1.54) is 27.6 Å². The van der Waals surface area contributed by atoms with E-state index in [1.807, 2.05) is 25.1 Å². The van der Waals surface area contributed by atoms with Gasteiger partial charge in [0.15, 0.2) is 0 Å². The van der Waals surface area contributed by atoms with Crippen LogP contribution in [0.3, 0.4) is 0 Å². The van der Waals surface area contributed by atoms with Crippen LogP contribution in [0.25, 0.3) is 62.1 Å². The summed E-state index contributed by atoms with van der Waals surface area (Å²) in [5, 5.41) is 1.18. The number of hydrogen-bond acceptors (Lipinski definition) is 1. The predicted molar refractivity (Wildman–Crippen MR) is 217 cm³/mol. The van der Waals surface area contributed by atoms with Gasteiger partial charge in [0, 0.05) is 27.9 Å². The summed E-state index contributed by atoms with van der Waals surface area (Å²) in [5.74, 6) is 0. The van der Waals surface area contributed by atoms with Gasteiger partial charge in [0.1, 0.15) is 0 Å². The second-order valence-corrected chi connectivity index (χ2v) is 12.5. The van der Waals surface area contributed by atoms with Crippen LogP contribution in [-0.2, 0) is 0 Å². The van der Waals surface area contributed by atoms with Crippen LogP contribution in [0.4, 0.5) is 5.69 Å². The third-order valence-electron chi connectivity index (χ3n) is 9.28. The third kappa shape index (κ3) is 6.44. The molecule has 0 aliphatic heterocycles. The minimum Gasteiger partial charge on any atom is -0.309 e. The van der Waals surface area contributed by atoms with Crippen LogP contribution in [0, 0.1) is 6.92 Å². The van der Waals surface area contributed by atoms with Gasteiger partial charge in [-0.2, -0.15) is 0 Å². The lowest BCUT2D eigenvalue weighted by Crippen LogP contribution is -1.97. The molecule has 7 aromatic rings. The van der Waals surface area contributed by atoms with E-state index in [4.69, 9.17) is 4.99 Å². The van der Waals surface area contributed by atoms with Crippen LogP contribution in [0.15, 0.2) is 175 Å². The topological polar surface area (TPSA) is 17.3 Å². The molecule has 0 radical (unpaired) electrons. The van der Waals surface area contributed by atoms with Crippen LogP contribution in [-0.4, -0.2) is 10.3 Å². The highest BCUT2D eigenvalue weighted by atomic mass is 15.0. The average molecular weight is 645 g/mol. The van der Waals surface area contributed by atoms with Crippen LogP contribution >= 0.6 is 0 Å². The summed E-state index contributed by atoms with van der Waals surface area (Å²) in [6, 6.07) is 51.7. The van der Waals surface area contributed by atoms with Crippen molar-refractivity contribution < 1.29 is 0 Å². The van der Waals surface area contributed by atoms with E-state index in [0.717, 1.165) is 56.1 Å². The highest BCUT2D eigenvalue weighted by Crippen LogP contribution is 2.38. The number of benzene rings is 6. The van der Waals surface area contributed by atoms with Crippen molar-refractivity contribution >= 4 is 34.5 Å². The molecule has 6 aromatic carbocycles. The van der Waals surface area contributed by atoms with Gasteiger partial charge in [-0.25, -0.2) is 0 Å². The Morgan fingerprint density at radius 3 is 2.02 bits per heavy atom. The van der Waals surface area contributed by atoms with E-state index in [9.17, 15) is 0 Å². The number of aryl methyl sites for hydroxylation is 1. The molecule has 0 N–H and O–H groups in total. The molecule has 0 saturated carbocycles. The molecule has 1 heterocycles. The molecule has 0 unspecified atom stereocenters. The number of para-hydroxylation sites is 1. The SMILES string of the molecule is C=Cc1c(/C=C\C=C/C)c2ccc(-c3ccc(C)c(-c4ccccc4N=C(C)c4ccccc4)c3)cc2n1-c1ccc(-c2ccccc2)cc1. The van der Waals surface area contributed by atoms with Crippen molar-refractivity contribution in [2.24, 2.45) is 4.99 Å². The van der Waals surface area contributed by atoms with Crippen LogP contribution < -0.4 is 0 Å². The fourth-order valence-electron chi connectivity index (χ4n) is 6.68. The van der Waals surface area contributed by atoms with Gasteiger partial charge in [-0.3, -0.25) is 4.99 Å². The van der Waals surface area contributed by atoms with Crippen molar-refractivity contribution in [2.75, 3.05) is 0 Å². The van der Waals surface area contributed by atoms with Gasteiger partial charge >= 0.3 is 0 Å². The zero-order valence-corrected chi connectivity index (χ0v) is 28.8. The standard InChI is InChI=1S/C48H40N2/c1-5-7-10-22-43-44-31-28-40(33-48(44)50(47(43)6-2)41-29-26-38(27-30-41)37-19-13-9-14-20-37)39-25-24-34(3)45(32-39)42-21-15-16-23-46(42)49-35(4)36-17-11-8-12-18-36/h5-33H,2H2,1,3-4H3/b7-5-,22-10-,49-35?. The quantitative estimate of drug-likeness (QED) is 0.110. The fourth-order valence-corrected chi connectivity index (χ4v) is 6.68. The molecule has 0 aliphatic rings. The second kappa shape index (κ2) is 14.5. The highest BCUT2D eigenvalue weighted by Gasteiger charge is 2.17. The Hall–Kier alpha value is -6.25. The first kappa shape index (κ1) is 32.3. The monoisotopic (exact) mass is 644 g/mol. The number of hydrogen-bond donors (Lipinski definition) is 0. The number of aliphatic imine (C=N–C) groups is 1. The van der Waals surface area contributed by atoms with Crippen LogP contribution in [0.5, 0.6) is 0 Å². The largest absolute Gasteiger partial charge is 0.309 e. The molecule has 50 heavy (non-hydrogen) atoms. The zero-order chi connectivity index (χ0) is 34.5. The maximum absolute atomic E-state index is 5.11. The summed E-state index contributed by atoms with van der Waals surface area (Å²) in [5.41, 5.74) is 15.7. The number of aromatic nitrogens is 1. The molecule has 0 atom stereocenters. The van der Waals surface area contributed by atoms with Crippen molar-refractivity contribution in [3.05, 3.63) is 193 Å². The van der Waals surface area contributed by atoms with E-state index >= 15 is 0 Å². The van der Waals surface area contributed by atoms with E-state index in [-0.39, 0.29) is 0 Å². The first-order valence-corrected chi connectivity index (χ1v) is 17.1. The molecule has 242 valence electrons. The van der Waals surface area contributed by atoms with E-state index in [2.05, 4.69) is 183 Å². The molecular formula is C48H40N2. The summed E-state index contributed by atoms with van der Waals surface area (Å²) in [6.07, 6.45) is 10.4. The molecule has 2 nitrogen and oxygen atoms in total. The Morgan fingerprint density at radius 1 is 0.640 bits per heavy atom. The number of allylic oxidation sites excluding steroid dienone is 3. The number of fused-ring (bicyclic) bond motifs is 1. The van der Waals surface area contributed by atoms with Gasteiger partial charge in [-0.1, -0.05) is 146 Å². The molecule has 2 heteroatoms. The van der Waals surface area contributed by atoms with Gasteiger partial charge in [-0.15, -0.1) is 0 Å². The Balaban J connectivity index is 1.36. The van der Waals surface area contributed by atoms with E-state index < -0.39 is 0 Å². The highest BCUT2D eigenvalue weighted by molar-refractivity contribution is 6.01. The van der Waals surface area contributed by atoms with Crippen molar-refractivity contribution in [1.82, 2.24) is 4.57 Å². The maximum atomic E-state index is 5.11. The number of rotatable bonds is 9. The van der Waals surface area contributed by atoms with Gasteiger partial charge in [0.25, 0.3) is 0 Å². The molecular weight excluding hydrogens is 605 g/mol. The summed E-state index contributed by atoms with van der Waals surface area (Å²) in [7, 11) is 0. The second-order valence-electron chi connectivity index (χ2n) is 12.5. The summed E-state index contributed by atoms with van der Waals surface area (Å²) >= 11 is 0. The molecule has 0 amide bonds. The van der Waals surface area contributed by atoms with E-state index in [0.29, 0.717) is 0 Å². The van der Waals surface area contributed by atoms with Crippen molar-refractivity contribution in [1.29, 1.82) is 0 Å². The maximum Gasteiger partial charge on any atom is 0.0711 e. The summed E-state index contributed by atoms with van der Waals surface area (Å²) < 4.78 is 2.33. The average Bonchev–Trinajstić information content (AvgIpc) is 3.48. The van der Waals surface area contributed by atoms with Gasteiger partial charge in [-0.05, 0) is 96.1 Å². The molecule has 7 rings (SSSR count). The Kier molecular flexibility index (Phi) is 9.35. The molecule has 1 aromatic heterocycles. The minimum absolute atomic E-state index is 0.963. The number of nitrogens with zero attached hydrogens (tertiary/aromatic N) is 2. The third-order valence-corrected chi connectivity index (χ3v) is 9.28. The molecule has 0 fully saturated rings. The first-order valence-electron chi connectivity index (χ1n) is 17.1. The van der Waals surface area contributed by atoms with Crippen molar-refractivity contribution in [3.8, 4) is 39.1 Å². The predicted octanol–water partition coefficient (Wildman–Crippen LogP) is 13.3. The lowest BCUT2D eigenvalue weighted by molar-refractivity contribution is 1.11. The molecule has 0 bridgehead atoms. The molecule has 0 saturated heterocycles.